The number of hydrogen-bond donors (Lipinski definition) is 2. The Hall–Kier alpha value is -3.08. The van der Waals surface area contributed by atoms with Crippen molar-refractivity contribution < 1.29 is 9.59 Å². The summed E-state index contributed by atoms with van der Waals surface area (Å²) in [5, 5.41) is 5.42. The summed E-state index contributed by atoms with van der Waals surface area (Å²) in [5.74, 6) is -0.291. The highest BCUT2D eigenvalue weighted by atomic mass is 16.2. The predicted octanol–water partition coefficient (Wildman–Crippen LogP) is 2.44. The van der Waals surface area contributed by atoms with Crippen molar-refractivity contribution in [2.75, 3.05) is 26.0 Å². The Labute approximate surface area is 148 Å². The number of hydrogen-bond acceptors (Lipinski definition) is 3. The number of nitrogens with one attached hydrogen (secondary N) is 2. The van der Waals surface area contributed by atoms with Crippen LogP contribution in [0.5, 0.6) is 0 Å². The van der Waals surface area contributed by atoms with Crippen molar-refractivity contribution >= 4 is 23.6 Å². The third kappa shape index (κ3) is 5.49. The summed E-state index contributed by atoms with van der Waals surface area (Å²) in [5.41, 5.74) is 3.61. The Morgan fingerprint density at radius 3 is 2.20 bits per heavy atom. The maximum Gasteiger partial charge on any atom is 0.251 e. The normalized spacial score (nSPS) is 10.5. The first-order valence-corrected chi connectivity index (χ1v) is 8.04. The molecule has 5 nitrogen and oxygen atoms in total. The van der Waals surface area contributed by atoms with Crippen LogP contribution in [0, 0.1) is 0 Å². The molecule has 0 bridgehead atoms. The maximum absolute atomic E-state index is 11.9. The zero-order valence-corrected chi connectivity index (χ0v) is 14.7. The first-order chi connectivity index (χ1) is 12.0. The van der Waals surface area contributed by atoms with Gasteiger partial charge in [-0.25, -0.2) is 0 Å². The van der Waals surface area contributed by atoms with E-state index in [1.165, 1.54) is 6.08 Å². The third-order valence-corrected chi connectivity index (χ3v) is 3.75. The number of carbonyl (C=O) groups is 2. The summed E-state index contributed by atoms with van der Waals surface area (Å²) >= 11 is 0. The van der Waals surface area contributed by atoms with Gasteiger partial charge in [-0.1, -0.05) is 24.3 Å². The fourth-order valence-corrected chi connectivity index (χ4v) is 2.22. The van der Waals surface area contributed by atoms with Gasteiger partial charge in [-0.2, -0.15) is 0 Å². The lowest BCUT2D eigenvalue weighted by molar-refractivity contribution is -0.116. The van der Waals surface area contributed by atoms with E-state index >= 15 is 0 Å². The Morgan fingerprint density at radius 2 is 1.64 bits per heavy atom. The highest BCUT2D eigenvalue weighted by Crippen LogP contribution is 2.12. The molecule has 0 saturated heterocycles. The molecule has 0 saturated carbocycles. The average molecular weight is 337 g/mol. The molecule has 0 radical (unpaired) electrons. The third-order valence-electron chi connectivity index (χ3n) is 3.75. The fraction of sp³-hybridized carbons (Fsp3) is 0.200. The Balaban J connectivity index is 1.87. The molecule has 0 aromatic heterocycles. The second-order valence-electron chi connectivity index (χ2n) is 5.81. The zero-order chi connectivity index (χ0) is 18.2. The first kappa shape index (κ1) is 18.3. The first-order valence-electron chi connectivity index (χ1n) is 8.04. The molecule has 2 N–H and O–H groups in total. The van der Waals surface area contributed by atoms with Gasteiger partial charge in [0.15, 0.2) is 0 Å². The lowest BCUT2D eigenvalue weighted by Crippen LogP contribution is -2.20. The Kier molecular flexibility index (Phi) is 6.34. The van der Waals surface area contributed by atoms with Gasteiger partial charge in [0.05, 0.1) is 0 Å². The lowest BCUT2D eigenvalue weighted by Gasteiger charge is -2.12. The second kappa shape index (κ2) is 8.68. The monoisotopic (exact) mass is 337 g/mol. The van der Waals surface area contributed by atoms with E-state index in [9.17, 15) is 9.59 Å². The summed E-state index contributed by atoms with van der Waals surface area (Å²) in [4.78, 5) is 25.4. The van der Waals surface area contributed by atoms with Crippen LogP contribution in [-0.2, 0) is 11.3 Å². The minimum absolute atomic E-state index is 0.131. The van der Waals surface area contributed by atoms with E-state index in [1.807, 2.05) is 43.3 Å². The number of rotatable bonds is 6. The highest BCUT2D eigenvalue weighted by molar-refractivity contribution is 5.94. The molecule has 2 rings (SSSR count). The number of benzene rings is 2. The van der Waals surface area contributed by atoms with Gasteiger partial charge in [0.2, 0.25) is 5.91 Å². The zero-order valence-electron chi connectivity index (χ0n) is 14.7. The number of amides is 2. The van der Waals surface area contributed by atoms with E-state index in [0.717, 1.165) is 16.8 Å². The predicted molar refractivity (Wildman–Crippen MR) is 101 cm³/mol. The molecule has 0 aliphatic carbocycles. The quantitative estimate of drug-likeness (QED) is 0.796. The molecule has 130 valence electrons. The second-order valence-corrected chi connectivity index (χ2v) is 5.81. The lowest BCUT2D eigenvalue weighted by atomic mass is 10.1. The van der Waals surface area contributed by atoms with E-state index < -0.39 is 0 Å². The number of carbonyl (C=O) groups excluding carboxylic acids is 2. The molecular formula is C20H23N3O2. The van der Waals surface area contributed by atoms with Gasteiger partial charge < -0.3 is 15.5 Å². The summed E-state index contributed by atoms with van der Waals surface area (Å²) in [6.45, 7) is 0.479. The van der Waals surface area contributed by atoms with Crippen LogP contribution in [0.15, 0.2) is 54.6 Å². The molecular weight excluding hydrogens is 314 g/mol. The van der Waals surface area contributed by atoms with Gasteiger partial charge in [0, 0.05) is 45.0 Å². The van der Waals surface area contributed by atoms with E-state index in [0.29, 0.717) is 12.1 Å². The summed E-state index contributed by atoms with van der Waals surface area (Å²) in [7, 11) is 5.57. The van der Waals surface area contributed by atoms with Crippen molar-refractivity contribution in [2.45, 2.75) is 6.54 Å². The molecule has 0 spiro atoms. The topological polar surface area (TPSA) is 61.4 Å². The van der Waals surface area contributed by atoms with Crippen molar-refractivity contribution in [3.05, 3.63) is 71.3 Å². The van der Waals surface area contributed by atoms with Gasteiger partial charge in [0.1, 0.15) is 0 Å². The van der Waals surface area contributed by atoms with Crippen molar-refractivity contribution in [3.63, 3.8) is 0 Å². The Bertz CT molecular complexity index is 748. The van der Waals surface area contributed by atoms with Crippen LogP contribution in [0.2, 0.25) is 0 Å². The van der Waals surface area contributed by atoms with E-state index in [2.05, 4.69) is 10.6 Å². The average Bonchev–Trinajstić information content (AvgIpc) is 2.64. The van der Waals surface area contributed by atoms with Gasteiger partial charge in [-0.05, 0) is 41.5 Å². The molecule has 0 aliphatic rings. The summed E-state index contributed by atoms with van der Waals surface area (Å²) in [6, 6.07) is 15.1. The van der Waals surface area contributed by atoms with Crippen LogP contribution < -0.4 is 15.5 Å². The molecule has 25 heavy (non-hydrogen) atoms. The van der Waals surface area contributed by atoms with E-state index in [1.54, 1.807) is 37.4 Å². The van der Waals surface area contributed by atoms with Crippen LogP contribution >= 0.6 is 0 Å². The van der Waals surface area contributed by atoms with Crippen molar-refractivity contribution in [3.8, 4) is 0 Å². The molecule has 0 heterocycles. The van der Waals surface area contributed by atoms with E-state index in [-0.39, 0.29) is 11.8 Å². The van der Waals surface area contributed by atoms with E-state index in [4.69, 9.17) is 0 Å². The maximum atomic E-state index is 11.9. The molecule has 5 heteroatoms. The molecule has 2 amide bonds. The summed E-state index contributed by atoms with van der Waals surface area (Å²) in [6.07, 6.45) is 3.21. The molecule has 2 aromatic rings. The standard InChI is InChI=1S/C20H23N3O2/c1-21-20(25)17-9-4-15(5-10-17)8-13-19(24)22-14-16-6-11-18(12-7-16)23(2)3/h4-13H,14H2,1-3H3,(H,21,25)(H,22,24)/b13-8+. The van der Waals surface area contributed by atoms with Crippen molar-refractivity contribution in [1.82, 2.24) is 10.6 Å². The van der Waals surface area contributed by atoms with Crippen LogP contribution in [0.3, 0.4) is 0 Å². The molecule has 0 atom stereocenters. The largest absolute Gasteiger partial charge is 0.378 e. The number of anilines is 1. The van der Waals surface area contributed by atoms with Crippen molar-refractivity contribution in [2.24, 2.45) is 0 Å². The van der Waals surface area contributed by atoms with Gasteiger partial charge >= 0.3 is 0 Å². The Morgan fingerprint density at radius 1 is 1.00 bits per heavy atom. The molecule has 0 unspecified atom stereocenters. The number of nitrogens with zero attached hydrogens (tertiary/aromatic N) is 1. The minimum Gasteiger partial charge on any atom is -0.378 e. The van der Waals surface area contributed by atoms with Gasteiger partial charge in [0.25, 0.3) is 5.91 Å². The van der Waals surface area contributed by atoms with Crippen LogP contribution in [-0.4, -0.2) is 33.0 Å². The molecule has 0 aliphatic heterocycles. The highest BCUT2D eigenvalue weighted by Gasteiger charge is 2.02. The smallest absolute Gasteiger partial charge is 0.251 e. The van der Waals surface area contributed by atoms with Crippen LogP contribution in [0.25, 0.3) is 6.08 Å². The van der Waals surface area contributed by atoms with Crippen LogP contribution in [0.4, 0.5) is 5.69 Å². The summed E-state index contributed by atoms with van der Waals surface area (Å²) < 4.78 is 0. The fourth-order valence-electron chi connectivity index (χ4n) is 2.22. The van der Waals surface area contributed by atoms with Crippen LogP contribution in [0.1, 0.15) is 21.5 Å². The molecule has 0 fully saturated rings. The van der Waals surface area contributed by atoms with Gasteiger partial charge in [-0.3, -0.25) is 9.59 Å². The van der Waals surface area contributed by atoms with Gasteiger partial charge in [-0.15, -0.1) is 0 Å². The minimum atomic E-state index is -0.160. The SMILES string of the molecule is CNC(=O)c1ccc(/C=C/C(=O)NCc2ccc(N(C)C)cc2)cc1. The van der Waals surface area contributed by atoms with Crippen molar-refractivity contribution in [1.29, 1.82) is 0 Å². The molecule has 2 aromatic carbocycles.